The number of thiophene rings is 1. The van der Waals surface area contributed by atoms with Gasteiger partial charge in [0.25, 0.3) is 0 Å². The van der Waals surface area contributed by atoms with Crippen molar-refractivity contribution in [2.24, 2.45) is 11.3 Å². The van der Waals surface area contributed by atoms with Crippen LogP contribution in [0.1, 0.15) is 66.9 Å². The highest BCUT2D eigenvalue weighted by Crippen LogP contribution is 2.44. The molecule has 0 aliphatic heterocycles. The van der Waals surface area contributed by atoms with Crippen LogP contribution in [0.3, 0.4) is 0 Å². The number of thioether (sulfide) groups is 1. The van der Waals surface area contributed by atoms with E-state index in [1.807, 2.05) is 62.4 Å². The SMILES string of the molecule is CCC(Sc1cccc(NC(=S)Nc2ccc(C)cc2)c1)C(=O)Nc1sc2c(c1C(=O)OC)CCC(C(C)(C)C)C2. The highest BCUT2D eigenvalue weighted by Gasteiger charge is 2.35. The van der Waals surface area contributed by atoms with E-state index in [-0.39, 0.29) is 22.5 Å². The molecule has 2 aromatic carbocycles. The van der Waals surface area contributed by atoms with Crippen LogP contribution >= 0.6 is 35.3 Å². The third-order valence-electron chi connectivity index (χ3n) is 7.46. The van der Waals surface area contributed by atoms with Gasteiger partial charge in [-0.3, -0.25) is 4.79 Å². The van der Waals surface area contributed by atoms with Gasteiger partial charge in [-0.05, 0) is 92.1 Å². The summed E-state index contributed by atoms with van der Waals surface area (Å²) in [5, 5.41) is 10.3. The second-order valence-corrected chi connectivity index (χ2v) is 14.3. The molecule has 1 heterocycles. The Balaban J connectivity index is 1.45. The highest BCUT2D eigenvalue weighted by atomic mass is 32.2. The second kappa shape index (κ2) is 13.4. The van der Waals surface area contributed by atoms with Crippen molar-refractivity contribution in [2.45, 2.75) is 70.4 Å². The van der Waals surface area contributed by atoms with Crippen molar-refractivity contribution in [3.05, 3.63) is 70.1 Å². The minimum atomic E-state index is -0.387. The largest absolute Gasteiger partial charge is 0.465 e. The van der Waals surface area contributed by atoms with Crippen LogP contribution in [0.25, 0.3) is 0 Å². The Morgan fingerprint density at radius 3 is 2.46 bits per heavy atom. The minimum Gasteiger partial charge on any atom is -0.465 e. The van der Waals surface area contributed by atoms with E-state index in [9.17, 15) is 9.59 Å². The summed E-state index contributed by atoms with van der Waals surface area (Å²) in [6.45, 7) is 10.8. The van der Waals surface area contributed by atoms with Gasteiger partial charge < -0.3 is 20.7 Å². The minimum absolute atomic E-state index is 0.122. The van der Waals surface area contributed by atoms with Crippen LogP contribution in [0, 0.1) is 18.3 Å². The number of anilines is 3. The summed E-state index contributed by atoms with van der Waals surface area (Å²) in [7, 11) is 1.40. The van der Waals surface area contributed by atoms with Gasteiger partial charge in [-0.25, -0.2) is 4.79 Å². The van der Waals surface area contributed by atoms with Crippen molar-refractivity contribution in [3.63, 3.8) is 0 Å². The average Bonchev–Trinajstić information content (AvgIpc) is 3.29. The Labute approximate surface area is 257 Å². The normalized spacial score (nSPS) is 15.4. The number of methoxy groups -OCH3 is 1. The monoisotopic (exact) mass is 609 g/mol. The molecule has 0 saturated carbocycles. The summed E-state index contributed by atoms with van der Waals surface area (Å²) < 4.78 is 5.14. The Morgan fingerprint density at radius 2 is 1.80 bits per heavy atom. The first-order valence-corrected chi connectivity index (χ1v) is 16.0. The number of benzene rings is 2. The van der Waals surface area contributed by atoms with E-state index in [0.29, 0.717) is 28.0 Å². The molecule has 0 bridgehead atoms. The predicted molar refractivity (Wildman–Crippen MR) is 177 cm³/mol. The second-order valence-electron chi connectivity index (χ2n) is 11.5. The van der Waals surface area contributed by atoms with E-state index >= 15 is 0 Å². The fourth-order valence-corrected chi connectivity index (χ4v) is 7.56. The van der Waals surface area contributed by atoms with Crippen LogP contribution in [-0.2, 0) is 22.4 Å². The van der Waals surface area contributed by atoms with Crippen molar-refractivity contribution in [2.75, 3.05) is 23.1 Å². The maximum atomic E-state index is 13.5. The first-order chi connectivity index (χ1) is 19.5. The van der Waals surface area contributed by atoms with Crippen LogP contribution < -0.4 is 16.0 Å². The molecule has 6 nitrogen and oxygen atoms in total. The van der Waals surface area contributed by atoms with Gasteiger partial charge in [0.2, 0.25) is 5.91 Å². The molecule has 3 aromatic rings. The summed E-state index contributed by atoms with van der Waals surface area (Å²) in [6, 6.07) is 15.9. The highest BCUT2D eigenvalue weighted by molar-refractivity contribution is 8.00. The number of carbonyl (C=O) groups is 2. The maximum absolute atomic E-state index is 13.5. The number of carbonyl (C=O) groups excluding carboxylic acids is 2. The molecule has 1 aliphatic carbocycles. The van der Waals surface area contributed by atoms with E-state index < -0.39 is 0 Å². The molecule has 3 N–H and O–H groups in total. The van der Waals surface area contributed by atoms with Crippen LogP contribution in [0.2, 0.25) is 0 Å². The molecule has 1 aromatic heterocycles. The lowest BCUT2D eigenvalue weighted by atomic mass is 9.72. The van der Waals surface area contributed by atoms with Crippen LogP contribution in [-0.4, -0.2) is 29.3 Å². The zero-order valence-electron chi connectivity index (χ0n) is 24.6. The molecule has 4 rings (SSSR count). The molecule has 1 aliphatic rings. The predicted octanol–water partition coefficient (Wildman–Crippen LogP) is 8.31. The van der Waals surface area contributed by atoms with Gasteiger partial charge in [-0.1, -0.05) is 51.5 Å². The lowest BCUT2D eigenvalue weighted by Crippen LogP contribution is -2.27. The van der Waals surface area contributed by atoms with Crippen LogP contribution in [0.5, 0.6) is 0 Å². The Hall–Kier alpha value is -2.88. The van der Waals surface area contributed by atoms with E-state index in [2.05, 4.69) is 36.7 Å². The number of hydrogen-bond donors (Lipinski definition) is 3. The molecule has 0 fully saturated rings. The number of aryl methyl sites for hydroxylation is 1. The Bertz CT molecular complexity index is 1410. The molecular formula is C32H39N3O3S3. The molecule has 0 saturated heterocycles. The van der Waals surface area contributed by atoms with Gasteiger partial charge >= 0.3 is 5.97 Å². The molecule has 1 amide bonds. The first-order valence-electron chi connectivity index (χ1n) is 13.9. The number of nitrogens with one attached hydrogen (secondary N) is 3. The zero-order valence-corrected chi connectivity index (χ0v) is 27.0. The number of amides is 1. The van der Waals surface area contributed by atoms with Gasteiger partial charge in [0.05, 0.1) is 17.9 Å². The number of rotatable bonds is 8. The molecule has 2 atom stereocenters. The third kappa shape index (κ3) is 7.90. The maximum Gasteiger partial charge on any atom is 0.341 e. The Kier molecular flexibility index (Phi) is 10.2. The van der Waals surface area contributed by atoms with Gasteiger partial charge in [-0.2, -0.15) is 0 Å². The van der Waals surface area contributed by atoms with Crippen molar-refractivity contribution < 1.29 is 14.3 Å². The average molecular weight is 610 g/mol. The van der Waals surface area contributed by atoms with E-state index in [1.165, 1.54) is 40.6 Å². The summed E-state index contributed by atoms with van der Waals surface area (Å²) >= 11 is 8.52. The van der Waals surface area contributed by atoms with E-state index in [1.54, 1.807) is 0 Å². The number of ether oxygens (including phenoxy) is 1. The standard InChI is InChI=1S/C32H39N3O3S3/c1-7-25(40-23-10-8-9-22(18-23)34-31(39)33-21-14-11-19(2)12-15-21)28(36)35-29-27(30(37)38-6)24-16-13-20(32(3,4)5)17-26(24)41-29/h8-12,14-15,18,20,25H,7,13,16-17H2,1-6H3,(H,35,36)(H2,33,34,39). The summed E-state index contributed by atoms with van der Waals surface area (Å²) in [5.74, 6) is 0.0211. The molecule has 2 unspecified atom stereocenters. The fraction of sp³-hybridized carbons (Fsp3) is 0.406. The summed E-state index contributed by atoms with van der Waals surface area (Å²) in [5.41, 5.74) is 4.67. The molecule has 41 heavy (non-hydrogen) atoms. The molecular weight excluding hydrogens is 571 g/mol. The molecule has 218 valence electrons. The van der Waals surface area contributed by atoms with Gasteiger partial charge in [0.1, 0.15) is 5.00 Å². The van der Waals surface area contributed by atoms with E-state index in [0.717, 1.165) is 41.1 Å². The van der Waals surface area contributed by atoms with Crippen LogP contribution in [0.15, 0.2) is 53.4 Å². The van der Waals surface area contributed by atoms with Crippen molar-refractivity contribution in [1.82, 2.24) is 0 Å². The lowest BCUT2D eigenvalue weighted by molar-refractivity contribution is -0.115. The first kappa shape index (κ1) is 31.1. The summed E-state index contributed by atoms with van der Waals surface area (Å²) in [6.07, 6.45) is 3.38. The fourth-order valence-electron chi connectivity index (χ4n) is 4.99. The molecule has 9 heteroatoms. The zero-order chi connectivity index (χ0) is 29.7. The number of esters is 1. The molecule has 0 spiro atoms. The third-order valence-corrected chi connectivity index (χ3v) is 10.2. The summed E-state index contributed by atoms with van der Waals surface area (Å²) in [4.78, 5) is 28.5. The van der Waals surface area contributed by atoms with Gasteiger partial charge in [0.15, 0.2) is 5.11 Å². The smallest absolute Gasteiger partial charge is 0.341 e. The van der Waals surface area contributed by atoms with Gasteiger partial charge in [0, 0.05) is 21.1 Å². The number of fused-ring (bicyclic) bond motifs is 1. The number of thiocarbonyl (C=S) groups is 1. The van der Waals surface area contributed by atoms with Crippen molar-refractivity contribution in [1.29, 1.82) is 0 Å². The van der Waals surface area contributed by atoms with Gasteiger partial charge in [-0.15, -0.1) is 23.1 Å². The quantitative estimate of drug-likeness (QED) is 0.135. The molecule has 0 radical (unpaired) electrons. The Morgan fingerprint density at radius 1 is 1.10 bits per heavy atom. The van der Waals surface area contributed by atoms with E-state index in [4.69, 9.17) is 17.0 Å². The van der Waals surface area contributed by atoms with Crippen molar-refractivity contribution >= 4 is 68.7 Å². The van der Waals surface area contributed by atoms with Crippen molar-refractivity contribution in [3.8, 4) is 0 Å². The topological polar surface area (TPSA) is 79.5 Å². The van der Waals surface area contributed by atoms with Crippen LogP contribution in [0.4, 0.5) is 16.4 Å². The lowest BCUT2D eigenvalue weighted by Gasteiger charge is -2.33. The number of hydrogen-bond acceptors (Lipinski definition) is 6.